The van der Waals surface area contributed by atoms with Crippen LogP contribution in [0.3, 0.4) is 0 Å². The third-order valence-electron chi connectivity index (χ3n) is 3.59. The minimum absolute atomic E-state index is 0.201. The van der Waals surface area contributed by atoms with Crippen LogP contribution in [0.5, 0.6) is 0 Å². The summed E-state index contributed by atoms with van der Waals surface area (Å²) < 4.78 is 5.15. The number of aromatic nitrogens is 5. The molecule has 24 heavy (non-hydrogen) atoms. The van der Waals surface area contributed by atoms with E-state index in [4.69, 9.17) is 4.52 Å². The zero-order valence-electron chi connectivity index (χ0n) is 12.9. The van der Waals surface area contributed by atoms with Crippen LogP contribution in [0.1, 0.15) is 45.8 Å². The van der Waals surface area contributed by atoms with Crippen LogP contribution in [0, 0.1) is 6.92 Å². The quantitative estimate of drug-likeness (QED) is 0.756. The lowest BCUT2D eigenvalue weighted by atomic mass is 10.3. The summed E-state index contributed by atoms with van der Waals surface area (Å²) in [5.74, 6) is 1.86. The van der Waals surface area contributed by atoms with Crippen LogP contribution in [0.25, 0.3) is 10.8 Å². The molecule has 8 nitrogen and oxygen atoms in total. The van der Waals surface area contributed by atoms with Crippen LogP contribution >= 0.6 is 11.3 Å². The van der Waals surface area contributed by atoms with Gasteiger partial charge in [0, 0.05) is 18.3 Å². The van der Waals surface area contributed by atoms with E-state index in [0.29, 0.717) is 33.2 Å². The summed E-state index contributed by atoms with van der Waals surface area (Å²) in [7, 11) is 0. The van der Waals surface area contributed by atoms with Gasteiger partial charge >= 0.3 is 0 Å². The van der Waals surface area contributed by atoms with E-state index in [-0.39, 0.29) is 12.5 Å². The third kappa shape index (κ3) is 3.02. The molecular formula is C15H14N6O2S. The van der Waals surface area contributed by atoms with Crippen LogP contribution < -0.4 is 5.32 Å². The SMILES string of the molecule is Cc1nc(-c2ncccn2)sc1C(=O)NCc1nc(C2CC2)no1. The molecule has 1 aliphatic rings. The van der Waals surface area contributed by atoms with Gasteiger partial charge in [-0.05, 0) is 25.8 Å². The van der Waals surface area contributed by atoms with Gasteiger partial charge in [-0.1, -0.05) is 5.16 Å². The van der Waals surface area contributed by atoms with Crippen LogP contribution in [0.2, 0.25) is 0 Å². The van der Waals surface area contributed by atoms with Gasteiger partial charge in [0.2, 0.25) is 5.89 Å². The molecule has 0 bridgehead atoms. The van der Waals surface area contributed by atoms with Crippen molar-refractivity contribution in [2.24, 2.45) is 0 Å². The Balaban J connectivity index is 1.45. The number of thiazole rings is 1. The van der Waals surface area contributed by atoms with Crippen LogP contribution in [-0.2, 0) is 6.54 Å². The van der Waals surface area contributed by atoms with E-state index in [1.807, 2.05) is 0 Å². The highest BCUT2D eigenvalue weighted by molar-refractivity contribution is 7.17. The molecule has 3 aromatic heterocycles. The fourth-order valence-corrected chi connectivity index (χ4v) is 3.13. The predicted molar refractivity (Wildman–Crippen MR) is 85.3 cm³/mol. The Morgan fingerprint density at radius 3 is 2.88 bits per heavy atom. The Morgan fingerprint density at radius 1 is 1.33 bits per heavy atom. The molecule has 1 N–H and O–H groups in total. The Morgan fingerprint density at radius 2 is 2.12 bits per heavy atom. The molecular weight excluding hydrogens is 328 g/mol. The molecule has 0 radical (unpaired) electrons. The molecule has 3 aromatic rings. The Kier molecular flexibility index (Phi) is 3.77. The standard InChI is InChI=1S/C15H14N6O2S/c1-8-11(24-15(19-8)13-16-5-2-6-17-13)14(22)18-7-10-20-12(21-23-10)9-3-4-9/h2,5-6,9H,3-4,7H2,1H3,(H,18,22). The molecule has 9 heteroatoms. The Bertz CT molecular complexity index is 871. The summed E-state index contributed by atoms with van der Waals surface area (Å²) in [6.45, 7) is 1.99. The molecule has 0 spiro atoms. The number of amides is 1. The Labute approximate surface area is 141 Å². The van der Waals surface area contributed by atoms with Crippen molar-refractivity contribution in [2.45, 2.75) is 32.2 Å². The maximum atomic E-state index is 12.4. The van der Waals surface area contributed by atoms with E-state index < -0.39 is 0 Å². The molecule has 1 aliphatic carbocycles. The molecule has 1 saturated carbocycles. The predicted octanol–water partition coefficient (Wildman–Crippen LogP) is 2.10. The first-order valence-electron chi connectivity index (χ1n) is 7.56. The number of carbonyl (C=O) groups is 1. The molecule has 1 amide bonds. The molecule has 0 saturated heterocycles. The first-order chi connectivity index (χ1) is 11.7. The summed E-state index contributed by atoms with van der Waals surface area (Å²) in [6, 6.07) is 1.73. The molecule has 1 fully saturated rings. The third-order valence-corrected chi connectivity index (χ3v) is 4.74. The fraction of sp³-hybridized carbons (Fsp3) is 0.333. The largest absolute Gasteiger partial charge is 0.342 e. The number of carbonyl (C=O) groups excluding carboxylic acids is 1. The van der Waals surface area contributed by atoms with E-state index in [1.54, 1.807) is 25.4 Å². The number of hydrogen-bond acceptors (Lipinski definition) is 8. The average Bonchev–Trinajstić information content (AvgIpc) is 3.22. The number of hydrogen-bond donors (Lipinski definition) is 1. The highest BCUT2D eigenvalue weighted by atomic mass is 32.1. The highest BCUT2D eigenvalue weighted by Crippen LogP contribution is 2.38. The summed E-state index contributed by atoms with van der Waals surface area (Å²) in [4.78, 5) is 29.9. The molecule has 3 heterocycles. The van der Waals surface area contributed by atoms with E-state index in [9.17, 15) is 4.79 Å². The van der Waals surface area contributed by atoms with Crippen LogP contribution in [-0.4, -0.2) is 31.0 Å². The van der Waals surface area contributed by atoms with Gasteiger partial charge in [0.15, 0.2) is 16.7 Å². The molecule has 0 unspecified atom stereocenters. The van der Waals surface area contributed by atoms with Gasteiger partial charge in [-0.3, -0.25) is 4.79 Å². The fourth-order valence-electron chi connectivity index (χ4n) is 2.20. The summed E-state index contributed by atoms with van der Waals surface area (Å²) in [5, 5.41) is 7.33. The summed E-state index contributed by atoms with van der Waals surface area (Å²) in [6.07, 6.45) is 5.50. The smallest absolute Gasteiger partial charge is 0.263 e. The maximum Gasteiger partial charge on any atom is 0.263 e. The lowest BCUT2D eigenvalue weighted by molar-refractivity contribution is 0.0949. The van der Waals surface area contributed by atoms with E-state index in [2.05, 4.69) is 30.4 Å². The second-order valence-electron chi connectivity index (χ2n) is 5.51. The van der Waals surface area contributed by atoms with Crippen molar-refractivity contribution in [1.29, 1.82) is 0 Å². The van der Waals surface area contributed by atoms with Crippen molar-refractivity contribution in [3.8, 4) is 10.8 Å². The Hall–Kier alpha value is -2.68. The van der Waals surface area contributed by atoms with Gasteiger partial charge in [0.25, 0.3) is 5.91 Å². The van der Waals surface area contributed by atoms with Crippen molar-refractivity contribution in [2.75, 3.05) is 0 Å². The van der Waals surface area contributed by atoms with E-state index in [0.717, 1.165) is 18.7 Å². The number of nitrogens with one attached hydrogen (secondary N) is 1. The average molecular weight is 342 g/mol. The van der Waals surface area contributed by atoms with Gasteiger partial charge in [0.1, 0.15) is 4.88 Å². The number of nitrogens with zero attached hydrogens (tertiary/aromatic N) is 5. The van der Waals surface area contributed by atoms with Crippen molar-refractivity contribution < 1.29 is 9.32 Å². The van der Waals surface area contributed by atoms with Gasteiger partial charge in [-0.15, -0.1) is 11.3 Å². The lowest BCUT2D eigenvalue weighted by Crippen LogP contribution is -2.22. The lowest BCUT2D eigenvalue weighted by Gasteiger charge is -1.99. The summed E-state index contributed by atoms with van der Waals surface area (Å²) in [5.41, 5.74) is 0.643. The first kappa shape index (κ1) is 14.9. The zero-order valence-corrected chi connectivity index (χ0v) is 13.7. The molecule has 4 rings (SSSR count). The van der Waals surface area contributed by atoms with Crippen LogP contribution in [0.15, 0.2) is 23.0 Å². The highest BCUT2D eigenvalue weighted by Gasteiger charge is 2.28. The minimum Gasteiger partial charge on any atom is -0.342 e. The molecule has 0 aromatic carbocycles. The van der Waals surface area contributed by atoms with Crippen LogP contribution in [0.4, 0.5) is 0 Å². The van der Waals surface area contributed by atoms with Gasteiger partial charge in [-0.2, -0.15) is 4.98 Å². The van der Waals surface area contributed by atoms with Crippen molar-refractivity contribution in [3.63, 3.8) is 0 Å². The first-order valence-corrected chi connectivity index (χ1v) is 8.38. The zero-order chi connectivity index (χ0) is 16.5. The molecule has 122 valence electrons. The minimum atomic E-state index is -0.224. The second-order valence-corrected chi connectivity index (χ2v) is 6.51. The normalized spacial score (nSPS) is 13.9. The van der Waals surface area contributed by atoms with Crippen molar-refractivity contribution >= 4 is 17.2 Å². The molecule has 0 atom stereocenters. The topological polar surface area (TPSA) is 107 Å². The number of aryl methyl sites for hydroxylation is 1. The monoisotopic (exact) mass is 342 g/mol. The van der Waals surface area contributed by atoms with Gasteiger partial charge < -0.3 is 9.84 Å². The number of rotatable bonds is 5. The van der Waals surface area contributed by atoms with Crippen molar-refractivity contribution in [3.05, 3.63) is 40.7 Å². The van der Waals surface area contributed by atoms with Crippen molar-refractivity contribution in [1.82, 2.24) is 30.4 Å². The van der Waals surface area contributed by atoms with E-state index >= 15 is 0 Å². The maximum absolute atomic E-state index is 12.4. The summed E-state index contributed by atoms with van der Waals surface area (Å²) >= 11 is 1.26. The molecule has 0 aliphatic heterocycles. The second kappa shape index (κ2) is 6.08. The van der Waals surface area contributed by atoms with Gasteiger partial charge in [0.05, 0.1) is 12.2 Å². The van der Waals surface area contributed by atoms with Gasteiger partial charge in [-0.25, -0.2) is 15.0 Å². The van der Waals surface area contributed by atoms with E-state index in [1.165, 1.54) is 11.3 Å².